The van der Waals surface area contributed by atoms with E-state index >= 15 is 0 Å². The predicted molar refractivity (Wildman–Crippen MR) is 68.6 cm³/mol. The minimum atomic E-state index is -0.297. The van der Waals surface area contributed by atoms with Crippen molar-refractivity contribution in [2.75, 3.05) is 13.7 Å². The van der Waals surface area contributed by atoms with Gasteiger partial charge in [0.1, 0.15) is 0 Å². The normalized spacial score (nSPS) is 30.1. The fraction of sp³-hybridized carbons (Fsp3) is 0.923. The molecule has 0 aromatic carbocycles. The van der Waals surface area contributed by atoms with Crippen LogP contribution in [0.4, 0.5) is 0 Å². The van der Waals surface area contributed by atoms with Crippen LogP contribution < -0.4 is 11.1 Å². The van der Waals surface area contributed by atoms with Gasteiger partial charge in [0.2, 0.25) is 5.91 Å². The first-order chi connectivity index (χ1) is 7.85. The van der Waals surface area contributed by atoms with Crippen LogP contribution in [0, 0.1) is 11.8 Å². The van der Waals surface area contributed by atoms with Crippen molar-refractivity contribution in [3.8, 4) is 0 Å². The highest BCUT2D eigenvalue weighted by atomic mass is 16.5. The maximum atomic E-state index is 12.1. The van der Waals surface area contributed by atoms with Gasteiger partial charge in [0.05, 0.1) is 12.1 Å². The third-order valence-electron chi connectivity index (χ3n) is 3.57. The molecule has 0 aromatic heterocycles. The van der Waals surface area contributed by atoms with E-state index in [1.165, 1.54) is 0 Å². The molecule has 4 heteroatoms. The highest BCUT2D eigenvalue weighted by Gasteiger charge is 2.31. The van der Waals surface area contributed by atoms with E-state index in [-0.39, 0.29) is 23.4 Å². The van der Waals surface area contributed by atoms with Gasteiger partial charge in [-0.25, -0.2) is 0 Å². The molecule has 1 saturated carbocycles. The number of carbonyl (C=O) groups excluding carboxylic acids is 1. The van der Waals surface area contributed by atoms with Gasteiger partial charge < -0.3 is 15.8 Å². The smallest absolute Gasteiger partial charge is 0.223 e. The van der Waals surface area contributed by atoms with Gasteiger partial charge in [-0.15, -0.1) is 0 Å². The van der Waals surface area contributed by atoms with Crippen LogP contribution in [0.1, 0.15) is 40.0 Å². The largest absolute Gasteiger partial charge is 0.382 e. The molecule has 0 bridgehead atoms. The molecule has 17 heavy (non-hydrogen) atoms. The van der Waals surface area contributed by atoms with Gasteiger partial charge in [-0.2, -0.15) is 0 Å². The zero-order valence-electron chi connectivity index (χ0n) is 11.5. The SMILES string of the molecule is COCC(C)(C)NC(=O)C1CCC(N)C(C)C1. The Balaban J connectivity index is 2.48. The van der Waals surface area contributed by atoms with Crippen LogP contribution >= 0.6 is 0 Å². The fourth-order valence-corrected chi connectivity index (χ4v) is 2.49. The van der Waals surface area contributed by atoms with Crippen molar-refractivity contribution < 1.29 is 9.53 Å². The molecule has 3 unspecified atom stereocenters. The summed E-state index contributed by atoms with van der Waals surface area (Å²) in [6, 6.07) is 0.256. The molecule has 1 fully saturated rings. The van der Waals surface area contributed by atoms with Crippen molar-refractivity contribution in [1.29, 1.82) is 0 Å². The van der Waals surface area contributed by atoms with E-state index in [0.717, 1.165) is 19.3 Å². The first-order valence-corrected chi connectivity index (χ1v) is 6.42. The zero-order valence-corrected chi connectivity index (χ0v) is 11.5. The maximum Gasteiger partial charge on any atom is 0.223 e. The molecule has 0 saturated heterocycles. The van der Waals surface area contributed by atoms with Crippen LogP contribution in [0.25, 0.3) is 0 Å². The Labute approximate surface area is 104 Å². The van der Waals surface area contributed by atoms with Crippen molar-refractivity contribution in [3.63, 3.8) is 0 Å². The molecule has 1 amide bonds. The second-order valence-corrected chi connectivity index (χ2v) is 5.96. The van der Waals surface area contributed by atoms with Gasteiger partial charge in [0, 0.05) is 19.1 Å². The average molecular weight is 242 g/mol. The van der Waals surface area contributed by atoms with Crippen molar-refractivity contribution in [1.82, 2.24) is 5.32 Å². The van der Waals surface area contributed by atoms with Crippen molar-refractivity contribution in [3.05, 3.63) is 0 Å². The third-order valence-corrected chi connectivity index (χ3v) is 3.57. The number of nitrogens with two attached hydrogens (primary N) is 1. The van der Waals surface area contributed by atoms with E-state index in [2.05, 4.69) is 12.2 Å². The quantitative estimate of drug-likeness (QED) is 0.781. The zero-order chi connectivity index (χ0) is 13.1. The molecule has 0 aromatic rings. The molecule has 0 heterocycles. The summed E-state index contributed by atoms with van der Waals surface area (Å²) >= 11 is 0. The van der Waals surface area contributed by atoms with E-state index in [4.69, 9.17) is 10.5 Å². The lowest BCUT2D eigenvalue weighted by atomic mass is 9.78. The Morgan fingerprint density at radius 1 is 1.47 bits per heavy atom. The summed E-state index contributed by atoms with van der Waals surface area (Å²) in [5, 5.41) is 3.06. The van der Waals surface area contributed by atoms with Gasteiger partial charge in [-0.3, -0.25) is 4.79 Å². The molecule has 0 radical (unpaired) electrons. The summed E-state index contributed by atoms with van der Waals surface area (Å²) in [7, 11) is 1.65. The fourth-order valence-electron chi connectivity index (χ4n) is 2.49. The molecule has 3 N–H and O–H groups in total. The maximum absolute atomic E-state index is 12.1. The molecule has 1 aliphatic rings. The number of methoxy groups -OCH3 is 1. The van der Waals surface area contributed by atoms with Crippen LogP contribution in [-0.2, 0) is 9.53 Å². The van der Waals surface area contributed by atoms with E-state index in [0.29, 0.717) is 12.5 Å². The van der Waals surface area contributed by atoms with Crippen LogP contribution in [0.2, 0.25) is 0 Å². The van der Waals surface area contributed by atoms with Crippen molar-refractivity contribution >= 4 is 5.91 Å². The van der Waals surface area contributed by atoms with Gasteiger partial charge >= 0.3 is 0 Å². The highest BCUT2D eigenvalue weighted by Crippen LogP contribution is 2.28. The third kappa shape index (κ3) is 4.28. The van der Waals surface area contributed by atoms with Gasteiger partial charge in [0.25, 0.3) is 0 Å². The molecule has 1 aliphatic carbocycles. The van der Waals surface area contributed by atoms with Crippen molar-refractivity contribution in [2.24, 2.45) is 17.6 Å². The van der Waals surface area contributed by atoms with E-state index in [1.807, 2.05) is 13.8 Å². The van der Waals surface area contributed by atoms with Crippen LogP contribution in [0.3, 0.4) is 0 Å². The van der Waals surface area contributed by atoms with Gasteiger partial charge in [-0.1, -0.05) is 6.92 Å². The minimum Gasteiger partial charge on any atom is -0.382 e. The topological polar surface area (TPSA) is 64.3 Å². The predicted octanol–water partition coefficient (Wildman–Crippen LogP) is 1.29. The second kappa shape index (κ2) is 5.83. The number of rotatable bonds is 4. The molecular formula is C13H26N2O2. The Morgan fingerprint density at radius 2 is 2.12 bits per heavy atom. The molecule has 1 rings (SSSR count). The molecule has 100 valence electrons. The first kappa shape index (κ1) is 14.5. The number of carbonyl (C=O) groups is 1. The van der Waals surface area contributed by atoms with Gasteiger partial charge in [0.15, 0.2) is 0 Å². The molecule has 0 aliphatic heterocycles. The Hall–Kier alpha value is -0.610. The van der Waals surface area contributed by atoms with Crippen LogP contribution in [0.5, 0.6) is 0 Å². The Morgan fingerprint density at radius 3 is 2.65 bits per heavy atom. The summed E-state index contributed by atoms with van der Waals surface area (Å²) in [6.07, 6.45) is 2.75. The summed E-state index contributed by atoms with van der Waals surface area (Å²) < 4.78 is 5.10. The lowest BCUT2D eigenvalue weighted by molar-refractivity contribution is -0.128. The Kier molecular flexibility index (Phi) is 4.95. The summed E-state index contributed by atoms with van der Waals surface area (Å²) in [6.45, 7) is 6.61. The monoisotopic (exact) mass is 242 g/mol. The van der Waals surface area contributed by atoms with Crippen LogP contribution in [-0.4, -0.2) is 31.2 Å². The number of ether oxygens (including phenoxy) is 1. The summed E-state index contributed by atoms with van der Waals surface area (Å²) in [4.78, 5) is 12.1. The first-order valence-electron chi connectivity index (χ1n) is 6.42. The lowest BCUT2D eigenvalue weighted by Crippen LogP contribution is -2.50. The van der Waals surface area contributed by atoms with Crippen molar-refractivity contribution in [2.45, 2.75) is 51.6 Å². The van der Waals surface area contributed by atoms with E-state index in [1.54, 1.807) is 7.11 Å². The van der Waals surface area contributed by atoms with Crippen LogP contribution in [0.15, 0.2) is 0 Å². The molecular weight excluding hydrogens is 216 g/mol. The average Bonchev–Trinajstić information content (AvgIpc) is 2.21. The Bertz CT molecular complexity index is 266. The van der Waals surface area contributed by atoms with E-state index in [9.17, 15) is 4.79 Å². The summed E-state index contributed by atoms with van der Waals surface area (Å²) in [5.74, 6) is 0.691. The standard InChI is InChI=1S/C13H26N2O2/c1-9-7-10(5-6-11(9)14)12(16)15-13(2,3)8-17-4/h9-11H,5-8,14H2,1-4H3,(H,15,16). The second-order valence-electron chi connectivity index (χ2n) is 5.96. The minimum absolute atomic E-state index is 0.112. The van der Waals surface area contributed by atoms with Gasteiger partial charge in [-0.05, 0) is 39.0 Å². The summed E-state index contributed by atoms with van der Waals surface area (Å²) in [5.41, 5.74) is 5.67. The molecule has 0 spiro atoms. The lowest BCUT2D eigenvalue weighted by Gasteiger charge is -2.34. The molecule has 4 nitrogen and oxygen atoms in total. The number of nitrogens with one attached hydrogen (secondary N) is 1. The number of hydrogen-bond donors (Lipinski definition) is 2. The van der Waals surface area contributed by atoms with E-state index < -0.39 is 0 Å². The molecule has 3 atom stereocenters. The number of hydrogen-bond acceptors (Lipinski definition) is 3. The number of amides is 1. The highest BCUT2D eigenvalue weighted by molar-refractivity contribution is 5.79.